The summed E-state index contributed by atoms with van der Waals surface area (Å²) in [5.74, 6) is 0. The van der Waals surface area contributed by atoms with Crippen LogP contribution in [-0.2, 0) is 0 Å². The number of aliphatic imine (C=N–C) groups is 1. The summed E-state index contributed by atoms with van der Waals surface area (Å²) in [6.45, 7) is 0.647. The molecule has 0 saturated heterocycles. The van der Waals surface area contributed by atoms with Crippen LogP contribution in [-0.4, -0.2) is 29.4 Å². The van der Waals surface area contributed by atoms with Gasteiger partial charge in [-0.2, -0.15) is 4.39 Å². The Hall–Kier alpha value is -0.640. The molecule has 0 atom stereocenters. The average Bonchev–Trinajstić information content (AvgIpc) is 1.91. The first-order valence-electron chi connectivity index (χ1n) is 1.97. The maximum absolute atomic E-state index is 11.7. The van der Waals surface area contributed by atoms with Gasteiger partial charge in [-0.3, -0.25) is 5.21 Å². The molecule has 1 rings (SSSR count). The fourth-order valence-electron chi connectivity index (χ4n) is 0.411. The van der Waals surface area contributed by atoms with Gasteiger partial charge in [-0.1, -0.05) is 0 Å². The molecule has 0 aliphatic carbocycles. The zero-order valence-electron chi connectivity index (χ0n) is 3.63. The van der Waals surface area contributed by atoms with Gasteiger partial charge in [0.05, 0.1) is 13.1 Å². The van der Waals surface area contributed by atoms with Crippen molar-refractivity contribution in [3.05, 3.63) is 0 Å². The molecular weight excluding hydrogens is 99.0 g/mol. The highest BCUT2D eigenvalue weighted by Crippen LogP contribution is 1.96. The quantitative estimate of drug-likeness (QED) is 0.439. The van der Waals surface area contributed by atoms with E-state index in [2.05, 4.69) is 4.99 Å². The fourth-order valence-corrected chi connectivity index (χ4v) is 0.411. The largest absolute Gasteiger partial charge is 0.304 e. The van der Waals surface area contributed by atoms with E-state index in [0.717, 1.165) is 0 Å². The molecule has 40 valence electrons. The van der Waals surface area contributed by atoms with Crippen molar-refractivity contribution in [1.29, 1.82) is 0 Å². The third kappa shape index (κ3) is 0.691. The molecule has 0 saturated carbocycles. The second-order valence-electron chi connectivity index (χ2n) is 1.27. The molecule has 3 nitrogen and oxygen atoms in total. The van der Waals surface area contributed by atoms with Gasteiger partial charge < -0.3 is 0 Å². The minimum atomic E-state index is -0.778. The lowest BCUT2D eigenvalue weighted by molar-refractivity contribution is -0.0130. The highest BCUT2D eigenvalue weighted by atomic mass is 19.1. The smallest absolute Gasteiger partial charge is 0.285 e. The lowest BCUT2D eigenvalue weighted by Gasteiger charge is -2.00. The number of halogens is 1. The highest BCUT2D eigenvalue weighted by molar-refractivity contribution is 5.72. The Morgan fingerprint density at radius 2 is 2.57 bits per heavy atom. The first kappa shape index (κ1) is 4.52. The van der Waals surface area contributed by atoms with E-state index < -0.39 is 6.09 Å². The second kappa shape index (κ2) is 1.46. The van der Waals surface area contributed by atoms with E-state index in [-0.39, 0.29) is 6.54 Å². The number of amidine groups is 1. The summed E-state index contributed by atoms with van der Waals surface area (Å²) in [4.78, 5) is 3.24. The molecule has 0 radical (unpaired) electrons. The molecule has 1 N–H and O–H groups in total. The van der Waals surface area contributed by atoms with Gasteiger partial charge in [-0.25, -0.2) is 10.1 Å². The van der Waals surface area contributed by atoms with Crippen molar-refractivity contribution in [3.63, 3.8) is 0 Å². The normalized spacial score (nSPS) is 20.3. The molecule has 1 aliphatic rings. The molecule has 0 aromatic heterocycles. The van der Waals surface area contributed by atoms with Gasteiger partial charge >= 0.3 is 6.09 Å². The molecule has 4 heteroatoms. The van der Waals surface area contributed by atoms with Gasteiger partial charge in [0.2, 0.25) is 0 Å². The number of hydrogen-bond donors (Lipinski definition) is 1. The van der Waals surface area contributed by atoms with Crippen molar-refractivity contribution in [2.24, 2.45) is 4.99 Å². The van der Waals surface area contributed by atoms with Crippen molar-refractivity contribution in [2.75, 3.05) is 13.1 Å². The molecule has 1 aliphatic heterocycles. The summed E-state index contributed by atoms with van der Waals surface area (Å²) in [6.07, 6.45) is -0.778. The molecule has 0 aromatic rings. The minimum Gasteiger partial charge on any atom is -0.285 e. The fraction of sp³-hybridized carbons (Fsp3) is 0.667. The molecule has 7 heavy (non-hydrogen) atoms. The zero-order valence-corrected chi connectivity index (χ0v) is 3.63. The van der Waals surface area contributed by atoms with Gasteiger partial charge in [0.25, 0.3) is 0 Å². The molecule has 0 amide bonds. The van der Waals surface area contributed by atoms with E-state index >= 15 is 0 Å². The predicted molar refractivity (Wildman–Crippen MR) is 21.9 cm³/mol. The molecule has 0 spiro atoms. The van der Waals surface area contributed by atoms with Gasteiger partial charge in [-0.05, 0) is 0 Å². The van der Waals surface area contributed by atoms with E-state index in [1.54, 1.807) is 0 Å². The van der Waals surface area contributed by atoms with Crippen LogP contribution in [0.2, 0.25) is 0 Å². The van der Waals surface area contributed by atoms with Crippen LogP contribution < -0.4 is 0 Å². The van der Waals surface area contributed by atoms with Gasteiger partial charge in [0.15, 0.2) is 0 Å². The monoisotopic (exact) mass is 104 g/mol. The van der Waals surface area contributed by atoms with Crippen LogP contribution in [0.3, 0.4) is 0 Å². The van der Waals surface area contributed by atoms with E-state index in [1.807, 2.05) is 0 Å². The molecule has 0 unspecified atom stereocenters. The zero-order chi connectivity index (χ0) is 5.28. The number of nitrogens with zero attached hydrogens (tertiary/aromatic N) is 2. The van der Waals surface area contributed by atoms with Crippen LogP contribution in [0.15, 0.2) is 4.99 Å². The summed E-state index contributed by atoms with van der Waals surface area (Å²) in [5, 5.41) is 8.81. The van der Waals surface area contributed by atoms with Gasteiger partial charge in [0, 0.05) is 0 Å². The third-order valence-corrected chi connectivity index (χ3v) is 0.767. The minimum absolute atomic E-state index is 0.284. The maximum atomic E-state index is 11.7. The molecule has 0 fully saturated rings. The van der Waals surface area contributed by atoms with E-state index in [4.69, 9.17) is 5.21 Å². The van der Waals surface area contributed by atoms with Crippen molar-refractivity contribution >= 4 is 6.09 Å². The number of hydrogen-bond acceptors (Lipinski definition) is 3. The summed E-state index contributed by atoms with van der Waals surface area (Å²) in [5.41, 5.74) is 0. The topological polar surface area (TPSA) is 35.8 Å². The van der Waals surface area contributed by atoms with Crippen molar-refractivity contribution in [2.45, 2.75) is 0 Å². The predicted octanol–water partition coefficient (Wildman–Crippen LogP) is 0.0167. The van der Waals surface area contributed by atoms with Crippen LogP contribution >= 0.6 is 0 Å². The Bertz CT molecular complexity index is 103. The highest BCUT2D eigenvalue weighted by Gasteiger charge is 2.11. The van der Waals surface area contributed by atoms with Crippen molar-refractivity contribution in [3.8, 4) is 0 Å². The average molecular weight is 104 g/mol. The van der Waals surface area contributed by atoms with Crippen LogP contribution in [0.25, 0.3) is 0 Å². The van der Waals surface area contributed by atoms with Gasteiger partial charge in [-0.15, -0.1) is 0 Å². The van der Waals surface area contributed by atoms with Crippen molar-refractivity contribution < 1.29 is 9.60 Å². The molecule has 1 heterocycles. The summed E-state index contributed by atoms with van der Waals surface area (Å²) < 4.78 is 11.7. The Kier molecular flexibility index (Phi) is 0.941. The molecular formula is C3H5FN2O. The SMILES string of the molecule is ON1CCN=C1F. The van der Waals surface area contributed by atoms with Crippen molar-refractivity contribution in [1.82, 2.24) is 5.06 Å². The Balaban J connectivity index is 2.54. The van der Waals surface area contributed by atoms with Crippen LogP contribution in [0.1, 0.15) is 0 Å². The van der Waals surface area contributed by atoms with Crippen LogP contribution in [0, 0.1) is 0 Å². The Morgan fingerprint density at radius 1 is 1.86 bits per heavy atom. The summed E-state index contributed by atoms with van der Waals surface area (Å²) >= 11 is 0. The standard InChI is InChI=1S/C3H5FN2O/c4-3-5-1-2-6(3)7/h7H,1-2H2. The lowest BCUT2D eigenvalue weighted by atomic mass is 10.7. The lowest BCUT2D eigenvalue weighted by Crippen LogP contribution is -2.19. The van der Waals surface area contributed by atoms with Crippen LogP contribution in [0.5, 0.6) is 0 Å². The Labute approximate surface area is 40.0 Å². The molecule has 0 bridgehead atoms. The third-order valence-electron chi connectivity index (χ3n) is 0.767. The van der Waals surface area contributed by atoms with E-state index in [0.29, 0.717) is 11.6 Å². The second-order valence-corrected chi connectivity index (χ2v) is 1.27. The first-order chi connectivity index (χ1) is 3.30. The maximum Gasteiger partial charge on any atom is 0.304 e. The molecule has 0 aromatic carbocycles. The van der Waals surface area contributed by atoms with E-state index in [1.165, 1.54) is 0 Å². The Morgan fingerprint density at radius 3 is 2.71 bits per heavy atom. The first-order valence-corrected chi connectivity index (χ1v) is 1.97. The summed E-state index contributed by atoms with van der Waals surface area (Å²) in [6, 6.07) is 0. The summed E-state index contributed by atoms with van der Waals surface area (Å²) in [7, 11) is 0. The number of hydroxylamine groups is 2. The van der Waals surface area contributed by atoms with Crippen LogP contribution in [0.4, 0.5) is 4.39 Å². The number of rotatable bonds is 0. The van der Waals surface area contributed by atoms with Gasteiger partial charge in [0.1, 0.15) is 0 Å². The van der Waals surface area contributed by atoms with E-state index in [9.17, 15) is 4.39 Å².